The molecule has 0 radical (unpaired) electrons. The van der Waals surface area contributed by atoms with Crippen LogP contribution in [0.25, 0.3) is 0 Å². The fourth-order valence-corrected chi connectivity index (χ4v) is 3.01. The molecule has 0 saturated heterocycles. The fourth-order valence-electron chi connectivity index (χ4n) is 1.85. The van der Waals surface area contributed by atoms with Crippen molar-refractivity contribution in [1.29, 1.82) is 5.26 Å². The molecule has 0 aromatic heterocycles. The maximum Gasteiger partial charge on any atom is 0.228 e. The molecule has 1 unspecified atom stereocenters. The number of hydrogen-bond acceptors (Lipinski definition) is 4. The highest BCUT2D eigenvalue weighted by Gasteiger charge is 2.28. The molecule has 0 aromatic rings. The van der Waals surface area contributed by atoms with Crippen molar-refractivity contribution in [2.45, 2.75) is 44.4 Å². The summed E-state index contributed by atoms with van der Waals surface area (Å²) in [6, 6.07) is 2.46. The van der Waals surface area contributed by atoms with Crippen molar-refractivity contribution >= 4 is 10.0 Å². The van der Waals surface area contributed by atoms with E-state index in [0.29, 0.717) is 19.0 Å². The Morgan fingerprint density at radius 2 is 2.12 bits per heavy atom. The van der Waals surface area contributed by atoms with Crippen LogP contribution in [0.5, 0.6) is 0 Å². The van der Waals surface area contributed by atoms with Gasteiger partial charge in [-0.15, -0.1) is 0 Å². The van der Waals surface area contributed by atoms with Crippen molar-refractivity contribution in [1.82, 2.24) is 9.62 Å². The average molecular weight is 259 g/mol. The Hall–Kier alpha value is -0.640. The van der Waals surface area contributed by atoms with Crippen molar-refractivity contribution < 1.29 is 8.42 Å². The van der Waals surface area contributed by atoms with Gasteiger partial charge in [0.1, 0.15) is 0 Å². The van der Waals surface area contributed by atoms with E-state index in [-0.39, 0.29) is 0 Å². The first-order valence-corrected chi connectivity index (χ1v) is 7.71. The molecular formula is C11H21N3O2S. The van der Waals surface area contributed by atoms with Crippen molar-refractivity contribution in [3.8, 4) is 6.07 Å². The molecule has 1 atom stereocenters. The molecule has 1 saturated carbocycles. The minimum atomic E-state index is -3.47. The lowest BCUT2D eigenvalue weighted by atomic mass is 10.4. The highest BCUT2D eigenvalue weighted by atomic mass is 32.2. The van der Waals surface area contributed by atoms with Gasteiger partial charge in [0.25, 0.3) is 0 Å². The summed E-state index contributed by atoms with van der Waals surface area (Å²) in [5.41, 5.74) is 0. The van der Waals surface area contributed by atoms with Gasteiger partial charge in [0.05, 0.1) is 6.07 Å². The lowest BCUT2D eigenvalue weighted by Gasteiger charge is -2.20. The third kappa shape index (κ3) is 4.26. The third-order valence-electron chi connectivity index (χ3n) is 3.06. The molecule has 6 heteroatoms. The normalized spacial score (nSPS) is 18.0. The van der Waals surface area contributed by atoms with Crippen molar-refractivity contribution in [3.63, 3.8) is 0 Å². The molecule has 1 aliphatic rings. The van der Waals surface area contributed by atoms with E-state index in [1.54, 1.807) is 6.92 Å². The topological polar surface area (TPSA) is 73.2 Å². The number of likely N-dealkylation sites (N-methyl/N-ethyl adjacent to an activating group) is 1. The number of sulfonamides is 1. The molecule has 0 spiro atoms. The van der Waals surface area contributed by atoms with Crippen LogP contribution in [0.4, 0.5) is 0 Å². The van der Waals surface area contributed by atoms with E-state index < -0.39 is 15.3 Å². The van der Waals surface area contributed by atoms with Crippen LogP contribution in [0.3, 0.4) is 0 Å². The predicted molar refractivity (Wildman–Crippen MR) is 66.9 cm³/mol. The highest BCUT2D eigenvalue weighted by molar-refractivity contribution is 7.90. The molecule has 1 N–H and O–H groups in total. The van der Waals surface area contributed by atoms with E-state index in [1.807, 2.05) is 6.07 Å². The zero-order chi connectivity index (χ0) is 12.9. The maximum absolute atomic E-state index is 11.7. The first-order valence-electron chi connectivity index (χ1n) is 6.17. The second-order valence-corrected chi connectivity index (χ2v) is 6.27. The Morgan fingerprint density at radius 3 is 2.53 bits per heavy atom. The van der Waals surface area contributed by atoms with E-state index in [9.17, 15) is 8.42 Å². The Kier molecular flexibility index (Phi) is 5.37. The van der Waals surface area contributed by atoms with Gasteiger partial charge >= 0.3 is 0 Å². The zero-order valence-corrected chi connectivity index (χ0v) is 11.3. The van der Waals surface area contributed by atoms with Gasteiger partial charge in [0.15, 0.2) is 5.25 Å². The SMILES string of the molecule is CCC(C#N)S(=O)(=O)NCCN(CC)C1CC1. The van der Waals surface area contributed by atoms with Gasteiger partial charge in [-0.05, 0) is 25.8 Å². The number of rotatable bonds is 8. The third-order valence-corrected chi connectivity index (χ3v) is 4.86. The van der Waals surface area contributed by atoms with Crippen molar-refractivity contribution in [3.05, 3.63) is 0 Å². The second kappa shape index (κ2) is 6.34. The first kappa shape index (κ1) is 14.4. The minimum Gasteiger partial charge on any atom is -0.299 e. The number of nitriles is 1. The molecule has 0 bridgehead atoms. The van der Waals surface area contributed by atoms with Crippen LogP contribution in [0, 0.1) is 11.3 Å². The van der Waals surface area contributed by atoms with Crippen LogP contribution in [0.1, 0.15) is 33.1 Å². The Morgan fingerprint density at radius 1 is 1.47 bits per heavy atom. The molecule has 5 nitrogen and oxygen atoms in total. The molecule has 98 valence electrons. The molecule has 0 aliphatic heterocycles. The number of nitrogens with zero attached hydrogens (tertiary/aromatic N) is 2. The van der Waals surface area contributed by atoms with Gasteiger partial charge < -0.3 is 0 Å². The van der Waals surface area contributed by atoms with Crippen LogP contribution in [-0.4, -0.2) is 44.2 Å². The van der Waals surface area contributed by atoms with E-state index in [1.165, 1.54) is 12.8 Å². The van der Waals surface area contributed by atoms with Crippen LogP contribution in [0.2, 0.25) is 0 Å². The quantitative estimate of drug-likeness (QED) is 0.696. The smallest absolute Gasteiger partial charge is 0.228 e. The average Bonchev–Trinajstić information content (AvgIpc) is 3.09. The maximum atomic E-state index is 11.7. The van der Waals surface area contributed by atoms with Crippen LogP contribution in [0.15, 0.2) is 0 Å². The lowest BCUT2D eigenvalue weighted by molar-refractivity contribution is 0.282. The van der Waals surface area contributed by atoms with E-state index in [4.69, 9.17) is 5.26 Å². The number of hydrogen-bond donors (Lipinski definition) is 1. The second-order valence-electron chi connectivity index (χ2n) is 4.33. The molecule has 1 aliphatic carbocycles. The fraction of sp³-hybridized carbons (Fsp3) is 0.909. The summed E-state index contributed by atoms with van der Waals surface area (Å²) in [5.74, 6) is 0. The Labute approximate surface area is 104 Å². The molecule has 0 aromatic carbocycles. The van der Waals surface area contributed by atoms with Gasteiger partial charge in [-0.1, -0.05) is 13.8 Å². The summed E-state index contributed by atoms with van der Waals surface area (Å²) < 4.78 is 25.9. The predicted octanol–water partition coefficient (Wildman–Crippen LogP) is 0.692. The zero-order valence-electron chi connectivity index (χ0n) is 10.5. The largest absolute Gasteiger partial charge is 0.299 e. The van der Waals surface area contributed by atoms with Gasteiger partial charge in [-0.3, -0.25) is 4.90 Å². The van der Waals surface area contributed by atoms with Gasteiger partial charge in [0, 0.05) is 19.1 Å². The highest BCUT2D eigenvalue weighted by Crippen LogP contribution is 2.25. The molecule has 0 heterocycles. The minimum absolute atomic E-state index is 0.325. The molecule has 0 amide bonds. The summed E-state index contributed by atoms with van der Waals surface area (Å²) >= 11 is 0. The number of nitrogens with one attached hydrogen (secondary N) is 1. The van der Waals surface area contributed by atoms with Crippen molar-refractivity contribution in [2.24, 2.45) is 0 Å². The van der Waals surface area contributed by atoms with Gasteiger partial charge in [-0.25, -0.2) is 13.1 Å². The van der Waals surface area contributed by atoms with Crippen LogP contribution < -0.4 is 4.72 Å². The summed E-state index contributed by atoms with van der Waals surface area (Å²) in [5, 5.41) is 7.80. The van der Waals surface area contributed by atoms with E-state index >= 15 is 0 Å². The standard InChI is InChI=1S/C11H21N3O2S/c1-3-11(9-12)17(15,16)13-7-8-14(4-2)10-5-6-10/h10-11,13H,3-8H2,1-2H3. The molecule has 1 fully saturated rings. The van der Waals surface area contributed by atoms with Gasteiger partial charge in [-0.2, -0.15) is 5.26 Å². The monoisotopic (exact) mass is 259 g/mol. The van der Waals surface area contributed by atoms with Crippen LogP contribution in [-0.2, 0) is 10.0 Å². The molecular weight excluding hydrogens is 238 g/mol. The van der Waals surface area contributed by atoms with E-state index in [2.05, 4.69) is 16.5 Å². The summed E-state index contributed by atoms with van der Waals surface area (Å²) in [4.78, 5) is 2.27. The van der Waals surface area contributed by atoms with Crippen LogP contribution >= 0.6 is 0 Å². The van der Waals surface area contributed by atoms with E-state index in [0.717, 1.165) is 13.1 Å². The first-order chi connectivity index (χ1) is 8.05. The Bertz CT molecular complexity index is 371. The summed E-state index contributed by atoms with van der Waals surface area (Å²) in [6.07, 6.45) is 2.76. The summed E-state index contributed by atoms with van der Waals surface area (Å²) in [6.45, 7) is 5.85. The summed E-state index contributed by atoms with van der Waals surface area (Å²) in [7, 11) is -3.47. The Balaban J connectivity index is 2.36. The van der Waals surface area contributed by atoms with Gasteiger partial charge in [0.2, 0.25) is 10.0 Å². The lowest BCUT2D eigenvalue weighted by Crippen LogP contribution is -2.39. The molecule has 17 heavy (non-hydrogen) atoms. The molecule has 1 rings (SSSR count). The van der Waals surface area contributed by atoms with Crippen molar-refractivity contribution in [2.75, 3.05) is 19.6 Å².